The average Bonchev–Trinajstić information content (AvgIpc) is 2.89. The first-order valence-corrected chi connectivity index (χ1v) is 7.57. The molecule has 0 unspecified atom stereocenters. The Bertz CT molecular complexity index is 964. The van der Waals surface area contributed by atoms with E-state index in [1.807, 2.05) is 0 Å². The van der Waals surface area contributed by atoms with Gasteiger partial charge in [-0.1, -0.05) is 6.07 Å². The summed E-state index contributed by atoms with van der Waals surface area (Å²) in [5.41, 5.74) is 0.982. The molecule has 7 heteroatoms. The lowest BCUT2D eigenvalue weighted by Crippen LogP contribution is -2.03. The molecule has 0 bridgehead atoms. The SMILES string of the molecule is CCOC(=O)c1ccc2c(c1)[nH]c1c(C(=O)O)cc(F)c(Br)c12. The van der Waals surface area contributed by atoms with E-state index in [0.717, 1.165) is 6.07 Å². The number of carboxylic acids is 1. The van der Waals surface area contributed by atoms with Gasteiger partial charge in [0.1, 0.15) is 5.82 Å². The summed E-state index contributed by atoms with van der Waals surface area (Å²) in [4.78, 5) is 26.1. The summed E-state index contributed by atoms with van der Waals surface area (Å²) in [6, 6.07) is 5.71. The van der Waals surface area contributed by atoms with Gasteiger partial charge in [0, 0.05) is 16.3 Å². The predicted octanol–water partition coefficient (Wildman–Crippen LogP) is 4.10. The lowest BCUT2D eigenvalue weighted by atomic mass is 10.1. The molecule has 0 aliphatic heterocycles. The number of halogens is 2. The number of aromatic nitrogens is 1. The van der Waals surface area contributed by atoms with Crippen LogP contribution in [0.2, 0.25) is 0 Å². The molecule has 1 aromatic heterocycles. The Morgan fingerprint density at radius 3 is 2.74 bits per heavy atom. The van der Waals surface area contributed by atoms with Crippen LogP contribution in [0.25, 0.3) is 21.8 Å². The van der Waals surface area contributed by atoms with E-state index in [1.165, 1.54) is 0 Å². The van der Waals surface area contributed by atoms with Crippen LogP contribution in [0.1, 0.15) is 27.6 Å². The third-order valence-corrected chi connectivity index (χ3v) is 4.28. The summed E-state index contributed by atoms with van der Waals surface area (Å²) in [5.74, 6) is -2.37. The molecule has 1 heterocycles. The number of H-pyrrole nitrogens is 1. The molecule has 0 aliphatic rings. The molecule has 0 amide bonds. The number of nitrogens with one attached hydrogen (secondary N) is 1. The van der Waals surface area contributed by atoms with Gasteiger partial charge in [0.25, 0.3) is 0 Å². The largest absolute Gasteiger partial charge is 0.478 e. The van der Waals surface area contributed by atoms with Gasteiger partial charge in [-0.3, -0.25) is 0 Å². The number of aromatic carboxylic acids is 1. The minimum atomic E-state index is -1.24. The van der Waals surface area contributed by atoms with E-state index >= 15 is 0 Å². The maximum Gasteiger partial charge on any atom is 0.338 e. The smallest absolute Gasteiger partial charge is 0.338 e. The van der Waals surface area contributed by atoms with Gasteiger partial charge in [-0.05, 0) is 41.1 Å². The Morgan fingerprint density at radius 2 is 2.09 bits per heavy atom. The van der Waals surface area contributed by atoms with Gasteiger partial charge in [0.05, 0.1) is 27.7 Å². The number of aromatic amines is 1. The fourth-order valence-electron chi connectivity index (χ4n) is 2.52. The van der Waals surface area contributed by atoms with Gasteiger partial charge < -0.3 is 14.8 Å². The number of esters is 1. The van der Waals surface area contributed by atoms with Gasteiger partial charge in [-0.15, -0.1) is 0 Å². The van der Waals surface area contributed by atoms with Crippen LogP contribution in [0.3, 0.4) is 0 Å². The Kier molecular flexibility index (Phi) is 3.81. The summed E-state index contributed by atoms with van der Waals surface area (Å²) in [7, 11) is 0. The van der Waals surface area contributed by atoms with E-state index in [9.17, 15) is 19.1 Å². The molecular weight excluding hydrogens is 369 g/mol. The molecule has 0 saturated heterocycles. The number of ether oxygens (including phenoxy) is 1. The van der Waals surface area contributed by atoms with Crippen LogP contribution >= 0.6 is 15.9 Å². The molecule has 3 aromatic rings. The molecule has 0 spiro atoms. The number of hydrogen-bond donors (Lipinski definition) is 2. The van der Waals surface area contributed by atoms with Crippen molar-refractivity contribution in [3.05, 3.63) is 45.7 Å². The van der Waals surface area contributed by atoms with Crippen molar-refractivity contribution in [3.63, 3.8) is 0 Å². The fourth-order valence-corrected chi connectivity index (χ4v) is 3.05. The summed E-state index contributed by atoms with van der Waals surface area (Å²) in [6.07, 6.45) is 0. The maximum atomic E-state index is 14.0. The normalized spacial score (nSPS) is 11.1. The maximum absolute atomic E-state index is 14.0. The Morgan fingerprint density at radius 1 is 1.35 bits per heavy atom. The molecular formula is C16H11BrFNO4. The summed E-state index contributed by atoms with van der Waals surface area (Å²) in [5, 5.41) is 10.3. The molecule has 2 N–H and O–H groups in total. The number of hydrogen-bond acceptors (Lipinski definition) is 3. The molecule has 0 saturated carbocycles. The van der Waals surface area contributed by atoms with Crippen LogP contribution < -0.4 is 0 Å². The van der Waals surface area contributed by atoms with Crippen LogP contribution in [0, 0.1) is 5.82 Å². The number of carbonyl (C=O) groups is 2. The highest BCUT2D eigenvalue weighted by atomic mass is 79.9. The van der Waals surface area contributed by atoms with Crippen molar-refractivity contribution in [2.45, 2.75) is 6.92 Å². The summed E-state index contributed by atoms with van der Waals surface area (Å²) in [6.45, 7) is 1.96. The number of benzene rings is 2. The first-order chi connectivity index (χ1) is 10.9. The highest BCUT2D eigenvalue weighted by Crippen LogP contribution is 2.36. The highest BCUT2D eigenvalue weighted by molar-refractivity contribution is 9.10. The van der Waals surface area contributed by atoms with Crippen molar-refractivity contribution in [1.82, 2.24) is 4.98 Å². The first-order valence-electron chi connectivity index (χ1n) is 6.78. The van der Waals surface area contributed by atoms with Crippen LogP contribution in [-0.4, -0.2) is 28.6 Å². The molecule has 23 heavy (non-hydrogen) atoms. The van der Waals surface area contributed by atoms with Crippen molar-refractivity contribution < 1.29 is 23.8 Å². The van der Waals surface area contributed by atoms with Crippen molar-refractivity contribution in [3.8, 4) is 0 Å². The standard InChI is InChI=1S/C16H11BrFNO4/c1-2-23-16(22)7-3-4-8-11(5-7)19-14-9(15(20)21)6-10(18)13(17)12(8)14/h3-6,19H,2H2,1H3,(H,20,21). The zero-order valence-electron chi connectivity index (χ0n) is 11.9. The number of carboxylic acid groups (broad SMARTS) is 1. The van der Waals surface area contributed by atoms with Crippen molar-refractivity contribution in [1.29, 1.82) is 0 Å². The fraction of sp³-hybridized carbons (Fsp3) is 0.125. The number of rotatable bonds is 3. The molecule has 0 fully saturated rings. The Balaban J connectivity index is 2.34. The van der Waals surface area contributed by atoms with E-state index in [-0.39, 0.29) is 16.6 Å². The number of fused-ring (bicyclic) bond motifs is 3. The Labute approximate surface area is 138 Å². The van der Waals surface area contributed by atoms with E-state index in [2.05, 4.69) is 20.9 Å². The first kappa shape index (κ1) is 15.5. The highest BCUT2D eigenvalue weighted by Gasteiger charge is 2.20. The van der Waals surface area contributed by atoms with Crippen molar-refractivity contribution in [2.24, 2.45) is 0 Å². The average molecular weight is 380 g/mol. The lowest BCUT2D eigenvalue weighted by molar-refractivity contribution is 0.0526. The summed E-state index contributed by atoms with van der Waals surface area (Å²) < 4.78 is 19.1. The van der Waals surface area contributed by atoms with E-state index in [1.54, 1.807) is 25.1 Å². The number of carbonyl (C=O) groups excluding carboxylic acids is 1. The van der Waals surface area contributed by atoms with Crippen LogP contribution in [0.5, 0.6) is 0 Å². The third-order valence-electron chi connectivity index (χ3n) is 3.51. The van der Waals surface area contributed by atoms with Gasteiger partial charge >= 0.3 is 11.9 Å². The van der Waals surface area contributed by atoms with Gasteiger partial charge in [0.2, 0.25) is 0 Å². The Hall–Kier alpha value is -2.41. The molecule has 0 radical (unpaired) electrons. The van der Waals surface area contributed by atoms with Crippen LogP contribution in [-0.2, 0) is 4.74 Å². The van der Waals surface area contributed by atoms with Crippen LogP contribution in [0.4, 0.5) is 4.39 Å². The van der Waals surface area contributed by atoms with E-state index < -0.39 is 17.8 Å². The van der Waals surface area contributed by atoms with E-state index in [0.29, 0.717) is 27.4 Å². The molecule has 3 rings (SSSR count). The molecule has 2 aromatic carbocycles. The second kappa shape index (κ2) is 5.66. The van der Waals surface area contributed by atoms with Gasteiger partial charge in [-0.25, -0.2) is 14.0 Å². The van der Waals surface area contributed by atoms with E-state index in [4.69, 9.17) is 4.74 Å². The van der Waals surface area contributed by atoms with Gasteiger partial charge in [-0.2, -0.15) is 0 Å². The second-order valence-electron chi connectivity index (χ2n) is 4.88. The predicted molar refractivity (Wildman–Crippen MR) is 86.4 cm³/mol. The lowest BCUT2D eigenvalue weighted by Gasteiger charge is -2.02. The van der Waals surface area contributed by atoms with Crippen molar-refractivity contribution >= 4 is 49.7 Å². The zero-order chi connectivity index (χ0) is 16.7. The zero-order valence-corrected chi connectivity index (χ0v) is 13.5. The molecule has 0 atom stereocenters. The quantitative estimate of drug-likeness (QED) is 0.671. The topological polar surface area (TPSA) is 79.4 Å². The third kappa shape index (κ3) is 2.46. The minimum Gasteiger partial charge on any atom is -0.478 e. The molecule has 0 aliphatic carbocycles. The van der Waals surface area contributed by atoms with Crippen molar-refractivity contribution in [2.75, 3.05) is 6.61 Å². The molecule has 118 valence electrons. The minimum absolute atomic E-state index is 0.172. The van der Waals surface area contributed by atoms with Gasteiger partial charge in [0.15, 0.2) is 0 Å². The summed E-state index contributed by atoms with van der Waals surface area (Å²) >= 11 is 3.16. The van der Waals surface area contributed by atoms with Crippen LogP contribution in [0.15, 0.2) is 28.7 Å². The monoisotopic (exact) mass is 379 g/mol. The molecule has 5 nitrogen and oxygen atoms in total. The second-order valence-corrected chi connectivity index (χ2v) is 5.67.